The summed E-state index contributed by atoms with van der Waals surface area (Å²) >= 11 is 8.69. The summed E-state index contributed by atoms with van der Waals surface area (Å²) in [4.78, 5) is 3.68. The average molecular weight is 191 g/mol. The van der Waals surface area contributed by atoms with Crippen molar-refractivity contribution in [1.29, 1.82) is 0 Å². The number of halogens is 2. The zero-order chi connectivity index (χ0) is 5.98. The Labute approximate surface area is 60.8 Å². The minimum Gasteiger partial charge on any atom is -0.252 e. The van der Waals surface area contributed by atoms with E-state index in [0.717, 1.165) is 4.47 Å². The summed E-state index contributed by atoms with van der Waals surface area (Å²) in [5.74, 6) is 0. The molecule has 0 unspecified atom stereocenters. The fourth-order valence-electron chi connectivity index (χ4n) is 0.346. The molecule has 0 fully saturated rings. The van der Waals surface area contributed by atoms with E-state index in [-0.39, 0.29) is 0 Å². The highest BCUT2D eigenvalue weighted by Gasteiger charge is 1.86. The van der Waals surface area contributed by atoms with Crippen LogP contribution in [-0.2, 0) is 0 Å². The van der Waals surface area contributed by atoms with Crippen molar-refractivity contribution in [2.75, 3.05) is 0 Å². The van der Waals surface area contributed by atoms with Gasteiger partial charge in [-0.05, 0) is 22.0 Å². The summed E-state index contributed by atoms with van der Waals surface area (Å²) in [6.45, 7) is 0. The molecule has 0 aromatic carbocycles. The summed E-state index contributed by atoms with van der Waals surface area (Å²) < 4.78 is 0.782. The second-order valence-corrected chi connectivity index (χ2v) is 2.54. The summed E-state index contributed by atoms with van der Waals surface area (Å²) in [6, 6.07) is 1.73. The Kier molecular flexibility index (Phi) is 1.86. The lowest BCUT2D eigenvalue weighted by Crippen LogP contribution is -1.69. The third kappa shape index (κ3) is 1.46. The van der Waals surface area contributed by atoms with Gasteiger partial charge in [0, 0.05) is 10.7 Å². The third-order valence-electron chi connectivity index (χ3n) is 0.624. The Balaban J connectivity index is 3.08. The molecule has 41 valence electrons. The van der Waals surface area contributed by atoms with Crippen LogP contribution in [0, 0.1) is 6.20 Å². The van der Waals surface area contributed by atoms with Crippen LogP contribution >= 0.6 is 27.5 Å². The van der Waals surface area contributed by atoms with Crippen LogP contribution in [0.2, 0.25) is 5.02 Å². The number of pyridine rings is 1. The smallest absolute Gasteiger partial charge is 0.104 e. The Bertz CT molecular complexity index is 172. The van der Waals surface area contributed by atoms with Gasteiger partial charge in [-0.15, -0.1) is 0 Å². The molecule has 1 aromatic rings. The minimum absolute atomic E-state index is 0.621. The normalized spacial score (nSPS) is 9.25. The summed E-state index contributed by atoms with van der Waals surface area (Å²) in [7, 11) is 0. The van der Waals surface area contributed by atoms with Gasteiger partial charge in [-0.1, -0.05) is 11.6 Å². The zero-order valence-electron chi connectivity index (χ0n) is 3.86. The van der Waals surface area contributed by atoms with Gasteiger partial charge in [0.15, 0.2) is 0 Å². The molecule has 1 rings (SSSR count). The van der Waals surface area contributed by atoms with Gasteiger partial charge in [-0.3, -0.25) is 4.98 Å². The van der Waals surface area contributed by atoms with Crippen molar-refractivity contribution < 1.29 is 0 Å². The molecular weight excluding hydrogens is 189 g/mol. The number of rotatable bonds is 0. The summed E-state index contributed by atoms with van der Waals surface area (Å²) in [5, 5.41) is 0.621. The van der Waals surface area contributed by atoms with E-state index in [4.69, 9.17) is 11.6 Å². The lowest BCUT2D eigenvalue weighted by atomic mass is 10.5. The monoisotopic (exact) mass is 190 g/mol. The highest BCUT2D eigenvalue weighted by atomic mass is 79.9. The van der Waals surface area contributed by atoms with E-state index in [1.54, 1.807) is 6.07 Å². The predicted molar refractivity (Wildman–Crippen MR) is 35.8 cm³/mol. The number of nitrogens with zero attached hydrogens (tertiary/aromatic N) is 1. The largest absolute Gasteiger partial charge is 0.252 e. The van der Waals surface area contributed by atoms with Gasteiger partial charge < -0.3 is 0 Å². The molecule has 0 saturated heterocycles. The average Bonchev–Trinajstić information content (AvgIpc) is 1.64. The van der Waals surface area contributed by atoms with Gasteiger partial charge >= 0.3 is 0 Å². The van der Waals surface area contributed by atoms with E-state index >= 15 is 0 Å². The fourth-order valence-corrected chi connectivity index (χ4v) is 0.985. The third-order valence-corrected chi connectivity index (χ3v) is 1.24. The Morgan fingerprint density at radius 3 is 2.88 bits per heavy atom. The molecule has 1 nitrogen and oxygen atoms in total. The van der Waals surface area contributed by atoms with Crippen molar-refractivity contribution in [1.82, 2.24) is 4.98 Å². The van der Waals surface area contributed by atoms with E-state index in [1.807, 2.05) is 0 Å². The lowest BCUT2D eigenvalue weighted by Gasteiger charge is -1.85. The van der Waals surface area contributed by atoms with Gasteiger partial charge in [0.05, 0.1) is 5.02 Å². The number of hydrogen-bond acceptors (Lipinski definition) is 1. The van der Waals surface area contributed by atoms with Crippen molar-refractivity contribution in [3.8, 4) is 0 Å². The topological polar surface area (TPSA) is 12.9 Å². The van der Waals surface area contributed by atoms with E-state index in [0.29, 0.717) is 5.02 Å². The van der Waals surface area contributed by atoms with Crippen LogP contribution in [-0.4, -0.2) is 4.98 Å². The molecule has 0 aliphatic carbocycles. The highest BCUT2D eigenvalue weighted by Crippen LogP contribution is 2.12. The lowest BCUT2D eigenvalue weighted by molar-refractivity contribution is 1.29. The van der Waals surface area contributed by atoms with Gasteiger partial charge in [-0.2, -0.15) is 0 Å². The maximum Gasteiger partial charge on any atom is 0.104 e. The standard InChI is InChI=1S/C5H2BrClN/c6-4-1-5(7)3-8-2-4/h1,3H. The molecule has 0 aliphatic rings. The second-order valence-electron chi connectivity index (χ2n) is 1.25. The molecule has 0 amide bonds. The van der Waals surface area contributed by atoms with Gasteiger partial charge in [-0.25, -0.2) is 0 Å². The molecule has 0 bridgehead atoms. The van der Waals surface area contributed by atoms with E-state index in [9.17, 15) is 0 Å². The molecule has 3 heteroatoms. The molecule has 0 spiro atoms. The molecule has 0 N–H and O–H groups in total. The first-order chi connectivity index (χ1) is 3.79. The van der Waals surface area contributed by atoms with Crippen molar-refractivity contribution in [3.05, 3.63) is 28.0 Å². The van der Waals surface area contributed by atoms with E-state index < -0.39 is 0 Å². The van der Waals surface area contributed by atoms with E-state index in [1.165, 1.54) is 6.20 Å². The van der Waals surface area contributed by atoms with Crippen molar-refractivity contribution >= 4 is 27.5 Å². The Hall–Kier alpha value is -0.0800. The van der Waals surface area contributed by atoms with Crippen LogP contribution in [0.15, 0.2) is 16.7 Å². The highest BCUT2D eigenvalue weighted by molar-refractivity contribution is 9.10. The van der Waals surface area contributed by atoms with E-state index in [2.05, 4.69) is 27.1 Å². The van der Waals surface area contributed by atoms with Crippen LogP contribution in [0.25, 0.3) is 0 Å². The van der Waals surface area contributed by atoms with Gasteiger partial charge in [0.25, 0.3) is 0 Å². The van der Waals surface area contributed by atoms with Crippen molar-refractivity contribution in [2.45, 2.75) is 0 Å². The number of hydrogen-bond donors (Lipinski definition) is 0. The van der Waals surface area contributed by atoms with Crippen LogP contribution in [0.3, 0.4) is 0 Å². The quantitative estimate of drug-likeness (QED) is 0.613. The molecule has 0 saturated carbocycles. The Morgan fingerprint density at radius 1 is 1.75 bits per heavy atom. The van der Waals surface area contributed by atoms with Crippen molar-refractivity contribution in [2.24, 2.45) is 0 Å². The van der Waals surface area contributed by atoms with Gasteiger partial charge in [0.1, 0.15) is 6.20 Å². The van der Waals surface area contributed by atoms with Crippen LogP contribution in [0.5, 0.6) is 0 Å². The molecular formula is C5H2BrClN. The zero-order valence-corrected chi connectivity index (χ0v) is 6.20. The van der Waals surface area contributed by atoms with Crippen LogP contribution in [0.1, 0.15) is 0 Å². The van der Waals surface area contributed by atoms with Crippen LogP contribution < -0.4 is 0 Å². The fraction of sp³-hybridized carbons (Fsp3) is 0. The molecule has 1 radical (unpaired) electrons. The maximum absolute atomic E-state index is 5.53. The van der Waals surface area contributed by atoms with Crippen LogP contribution in [0.4, 0.5) is 0 Å². The first-order valence-corrected chi connectivity index (χ1v) is 3.15. The molecule has 1 aromatic heterocycles. The SMILES string of the molecule is Clc1cn[c]c(Br)c1. The minimum atomic E-state index is 0.621. The maximum atomic E-state index is 5.53. The Morgan fingerprint density at radius 2 is 2.50 bits per heavy atom. The predicted octanol–water partition coefficient (Wildman–Crippen LogP) is 2.30. The first kappa shape index (κ1) is 6.05. The van der Waals surface area contributed by atoms with Gasteiger partial charge in [0.2, 0.25) is 0 Å². The summed E-state index contributed by atoms with van der Waals surface area (Å²) in [5.41, 5.74) is 0. The first-order valence-electron chi connectivity index (χ1n) is 1.98. The second kappa shape index (κ2) is 2.46. The summed E-state index contributed by atoms with van der Waals surface area (Å²) in [6.07, 6.45) is 4.19. The number of aromatic nitrogens is 1. The molecule has 1 heterocycles. The van der Waals surface area contributed by atoms with Crippen molar-refractivity contribution in [3.63, 3.8) is 0 Å². The molecule has 0 atom stereocenters. The molecule has 0 aliphatic heterocycles. The molecule has 8 heavy (non-hydrogen) atoms.